The highest BCUT2D eigenvalue weighted by Gasteiger charge is 2.16. The van der Waals surface area contributed by atoms with Crippen LogP contribution in [0.1, 0.15) is 17.5 Å². The first-order valence-corrected chi connectivity index (χ1v) is 5.47. The van der Waals surface area contributed by atoms with Crippen molar-refractivity contribution in [3.63, 3.8) is 0 Å². The van der Waals surface area contributed by atoms with Gasteiger partial charge in [0, 0.05) is 24.5 Å². The summed E-state index contributed by atoms with van der Waals surface area (Å²) in [6.07, 6.45) is 1.48. The second-order valence-corrected chi connectivity index (χ2v) is 4.58. The number of halogens is 1. The molecular weight excluding hydrogens is 242 g/mol. The van der Waals surface area contributed by atoms with Gasteiger partial charge in [0.1, 0.15) is 0 Å². The molecule has 0 saturated heterocycles. The van der Waals surface area contributed by atoms with E-state index in [1.165, 1.54) is 11.1 Å². The summed E-state index contributed by atoms with van der Waals surface area (Å²) in [6, 6.07) is 6.23. The van der Waals surface area contributed by atoms with Crippen molar-refractivity contribution in [2.75, 3.05) is 7.05 Å². The molecular formula is C11H12BrNO. The quantitative estimate of drug-likeness (QED) is 0.696. The Bertz CT molecular complexity index is 376. The standard InChI is InChI=1S/C11H12BrNO/c1-13-7-9-2-4-10(12)6-8(9)3-5-11(13)14/h2,4,6H,3,5,7H2,1H3. The molecule has 1 heterocycles. The van der Waals surface area contributed by atoms with Crippen LogP contribution in [0.25, 0.3) is 0 Å². The molecule has 1 aliphatic heterocycles. The normalized spacial score (nSPS) is 16.4. The van der Waals surface area contributed by atoms with Crippen LogP contribution in [0.5, 0.6) is 0 Å². The smallest absolute Gasteiger partial charge is 0.222 e. The molecule has 0 fully saturated rings. The number of fused-ring (bicyclic) bond motifs is 1. The first-order valence-electron chi connectivity index (χ1n) is 4.68. The van der Waals surface area contributed by atoms with E-state index in [9.17, 15) is 4.79 Å². The Balaban J connectivity index is 2.37. The largest absolute Gasteiger partial charge is 0.341 e. The van der Waals surface area contributed by atoms with Crippen molar-refractivity contribution in [2.45, 2.75) is 19.4 Å². The van der Waals surface area contributed by atoms with E-state index < -0.39 is 0 Å². The van der Waals surface area contributed by atoms with Crippen molar-refractivity contribution in [1.82, 2.24) is 4.90 Å². The van der Waals surface area contributed by atoms with E-state index in [2.05, 4.69) is 28.1 Å². The van der Waals surface area contributed by atoms with Crippen molar-refractivity contribution in [3.8, 4) is 0 Å². The van der Waals surface area contributed by atoms with E-state index in [0.717, 1.165) is 17.4 Å². The van der Waals surface area contributed by atoms with Gasteiger partial charge in [-0.2, -0.15) is 0 Å². The molecule has 74 valence electrons. The maximum Gasteiger partial charge on any atom is 0.222 e. The molecule has 0 spiro atoms. The maximum atomic E-state index is 11.5. The van der Waals surface area contributed by atoms with Crippen LogP contribution in [0.15, 0.2) is 22.7 Å². The summed E-state index contributed by atoms with van der Waals surface area (Å²) in [5.74, 6) is 0.234. The van der Waals surface area contributed by atoms with Crippen LogP contribution in [0.2, 0.25) is 0 Å². The van der Waals surface area contributed by atoms with Crippen LogP contribution in [0, 0.1) is 0 Å². The van der Waals surface area contributed by atoms with E-state index in [0.29, 0.717) is 6.42 Å². The van der Waals surface area contributed by atoms with E-state index in [4.69, 9.17) is 0 Å². The molecule has 1 aliphatic rings. The summed E-state index contributed by atoms with van der Waals surface area (Å²) >= 11 is 3.45. The van der Waals surface area contributed by atoms with Crippen LogP contribution in [0.4, 0.5) is 0 Å². The molecule has 1 aromatic rings. The molecule has 1 aromatic carbocycles. The van der Waals surface area contributed by atoms with Gasteiger partial charge in [-0.1, -0.05) is 22.0 Å². The first kappa shape index (κ1) is 9.71. The van der Waals surface area contributed by atoms with Crippen molar-refractivity contribution in [1.29, 1.82) is 0 Å². The minimum absolute atomic E-state index is 0.234. The molecule has 3 heteroatoms. The number of carbonyl (C=O) groups is 1. The van der Waals surface area contributed by atoms with Gasteiger partial charge in [-0.3, -0.25) is 4.79 Å². The second-order valence-electron chi connectivity index (χ2n) is 3.66. The highest BCUT2D eigenvalue weighted by atomic mass is 79.9. The zero-order valence-corrected chi connectivity index (χ0v) is 9.67. The third-order valence-corrected chi connectivity index (χ3v) is 3.10. The van der Waals surface area contributed by atoms with Gasteiger partial charge in [0.05, 0.1) is 0 Å². The molecule has 2 nitrogen and oxygen atoms in total. The number of hydrogen-bond donors (Lipinski definition) is 0. The fourth-order valence-corrected chi connectivity index (χ4v) is 2.17. The van der Waals surface area contributed by atoms with Crippen molar-refractivity contribution in [3.05, 3.63) is 33.8 Å². The third-order valence-electron chi connectivity index (χ3n) is 2.61. The van der Waals surface area contributed by atoms with Gasteiger partial charge in [-0.15, -0.1) is 0 Å². The zero-order chi connectivity index (χ0) is 10.1. The average Bonchev–Trinajstić information content (AvgIpc) is 2.29. The molecule has 0 unspecified atom stereocenters. The fraction of sp³-hybridized carbons (Fsp3) is 0.364. The van der Waals surface area contributed by atoms with Gasteiger partial charge in [-0.05, 0) is 29.7 Å². The number of rotatable bonds is 0. The minimum atomic E-state index is 0.234. The van der Waals surface area contributed by atoms with Gasteiger partial charge < -0.3 is 4.90 Å². The number of amides is 1. The minimum Gasteiger partial charge on any atom is -0.341 e. The summed E-state index contributed by atoms with van der Waals surface area (Å²) < 4.78 is 1.09. The van der Waals surface area contributed by atoms with Crippen LogP contribution >= 0.6 is 15.9 Å². The van der Waals surface area contributed by atoms with Crippen LogP contribution in [-0.4, -0.2) is 17.9 Å². The molecule has 0 aliphatic carbocycles. The van der Waals surface area contributed by atoms with E-state index in [-0.39, 0.29) is 5.91 Å². The molecule has 0 radical (unpaired) electrons. The lowest BCUT2D eigenvalue weighted by Gasteiger charge is -2.14. The predicted octanol–water partition coefficient (Wildman–Crippen LogP) is 2.35. The molecule has 14 heavy (non-hydrogen) atoms. The topological polar surface area (TPSA) is 20.3 Å². The average molecular weight is 254 g/mol. The molecule has 0 bridgehead atoms. The molecule has 0 atom stereocenters. The Morgan fingerprint density at radius 3 is 2.86 bits per heavy atom. The summed E-state index contributed by atoms with van der Waals surface area (Å²) in [7, 11) is 1.86. The second kappa shape index (κ2) is 3.73. The van der Waals surface area contributed by atoms with Gasteiger partial charge in [-0.25, -0.2) is 0 Å². The number of aryl methyl sites for hydroxylation is 1. The van der Waals surface area contributed by atoms with Gasteiger partial charge >= 0.3 is 0 Å². The lowest BCUT2D eigenvalue weighted by Crippen LogP contribution is -2.24. The highest BCUT2D eigenvalue weighted by molar-refractivity contribution is 9.10. The van der Waals surface area contributed by atoms with Gasteiger partial charge in [0.2, 0.25) is 5.91 Å². The SMILES string of the molecule is CN1Cc2ccc(Br)cc2CCC1=O. The van der Waals surface area contributed by atoms with Gasteiger partial charge in [0.15, 0.2) is 0 Å². The van der Waals surface area contributed by atoms with E-state index >= 15 is 0 Å². The highest BCUT2D eigenvalue weighted by Crippen LogP contribution is 2.22. The summed E-state index contributed by atoms with van der Waals surface area (Å²) in [5.41, 5.74) is 2.55. The molecule has 0 N–H and O–H groups in total. The van der Waals surface area contributed by atoms with E-state index in [1.54, 1.807) is 4.90 Å². The van der Waals surface area contributed by atoms with Crippen molar-refractivity contribution < 1.29 is 4.79 Å². The Kier molecular flexibility index (Phi) is 2.59. The lowest BCUT2D eigenvalue weighted by atomic mass is 10.0. The monoisotopic (exact) mass is 253 g/mol. The fourth-order valence-electron chi connectivity index (χ4n) is 1.76. The molecule has 0 saturated carbocycles. The van der Waals surface area contributed by atoms with Crippen molar-refractivity contribution in [2.24, 2.45) is 0 Å². The number of benzene rings is 1. The Hall–Kier alpha value is -0.830. The molecule has 2 rings (SSSR count). The molecule has 1 amide bonds. The Morgan fingerprint density at radius 2 is 2.07 bits per heavy atom. The van der Waals surface area contributed by atoms with Gasteiger partial charge in [0.25, 0.3) is 0 Å². The first-order chi connectivity index (χ1) is 6.66. The summed E-state index contributed by atoms with van der Waals surface area (Å²) in [5, 5.41) is 0. The number of hydrogen-bond acceptors (Lipinski definition) is 1. The van der Waals surface area contributed by atoms with Crippen molar-refractivity contribution >= 4 is 21.8 Å². The van der Waals surface area contributed by atoms with Crippen LogP contribution in [0.3, 0.4) is 0 Å². The molecule has 0 aromatic heterocycles. The maximum absolute atomic E-state index is 11.5. The Morgan fingerprint density at radius 1 is 1.29 bits per heavy atom. The zero-order valence-electron chi connectivity index (χ0n) is 8.09. The van der Waals surface area contributed by atoms with Crippen LogP contribution < -0.4 is 0 Å². The van der Waals surface area contributed by atoms with E-state index in [1.807, 2.05) is 13.1 Å². The summed E-state index contributed by atoms with van der Waals surface area (Å²) in [6.45, 7) is 0.738. The van der Waals surface area contributed by atoms with Crippen LogP contribution in [-0.2, 0) is 17.8 Å². The Labute approximate surface area is 92.0 Å². The third kappa shape index (κ3) is 1.82. The number of carbonyl (C=O) groups excluding carboxylic acids is 1. The number of nitrogens with zero attached hydrogens (tertiary/aromatic N) is 1. The predicted molar refractivity (Wildman–Crippen MR) is 58.9 cm³/mol. The summed E-state index contributed by atoms with van der Waals surface area (Å²) in [4.78, 5) is 13.3. The lowest BCUT2D eigenvalue weighted by molar-refractivity contribution is -0.130.